The third-order valence-corrected chi connectivity index (χ3v) is 5.12. The molecule has 2 rings (SSSR count). The Morgan fingerprint density at radius 1 is 1.10 bits per heavy atom. The van der Waals surface area contributed by atoms with Gasteiger partial charge in [-0.2, -0.15) is 0 Å². The molecular formula is C24H41N3O4. The van der Waals surface area contributed by atoms with Gasteiger partial charge in [0, 0.05) is 51.7 Å². The summed E-state index contributed by atoms with van der Waals surface area (Å²) in [7, 11) is 0. The average molecular weight is 436 g/mol. The Balaban J connectivity index is 1.75. The van der Waals surface area contributed by atoms with Crippen molar-refractivity contribution in [2.24, 2.45) is 10.9 Å². The highest BCUT2D eigenvalue weighted by atomic mass is 16.5. The number of hydrogen-bond donors (Lipinski definition) is 2. The summed E-state index contributed by atoms with van der Waals surface area (Å²) in [5.74, 6) is 2.34. The van der Waals surface area contributed by atoms with Gasteiger partial charge in [0.2, 0.25) is 0 Å². The highest BCUT2D eigenvalue weighted by molar-refractivity contribution is 5.79. The molecule has 1 saturated heterocycles. The van der Waals surface area contributed by atoms with Gasteiger partial charge in [-0.15, -0.1) is 0 Å². The fourth-order valence-corrected chi connectivity index (χ4v) is 3.33. The predicted octanol–water partition coefficient (Wildman–Crippen LogP) is 3.30. The molecule has 0 atom stereocenters. The molecule has 1 heterocycles. The Hall–Kier alpha value is -1.83. The summed E-state index contributed by atoms with van der Waals surface area (Å²) in [4.78, 5) is 4.74. The zero-order valence-electron chi connectivity index (χ0n) is 19.6. The van der Waals surface area contributed by atoms with Gasteiger partial charge in [0.25, 0.3) is 0 Å². The maximum atomic E-state index is 5.93. The Labute approximate surface area is 187 Å². The lowest BCUT2D eigenvalue weighted by atomic mass is 10.0. The van der Waals surface area contributed by atoms with Crippen LogP contribution >= 0.6 is 0 Å². The molecule has 1 aromatic carbocycles. The molecule has 1 aliphatic heterocycles. The monoisotopic (exact) mass is 435 g/mol. The standard InChI is InChI=1S/C24H41N3O4/c1-4-25-24(26-11-6-12-30-19-21-9-13-29-14-10-21)27-18-22-8-7-20(3)17-23(22)31-16-15-28-5-2/h7-8,17,21H,4-6,9-16,18-19H2,1-3H3,(H2,25,26,27). The summed E-state index contributed by atoms with van der Waals surface area (Å²) in [5.41, 5.74) is 2.24. The lowest BCUT2D eigenvalue weighted by molar-refractivity contribution is 0.0203. The van der Waals surface area contributed by atoms with Crippen molar-refractivity contribution < 1.29 is 18.9 Å². The van der Waals surface area contributed by atoms with Gasteiger partial charge in [0.15, 0.2) is 5.96 Å². The van der Waals surface area contributed by atoms with E-state index in [-0.39, 0.29) is 0 Å². The molecule has 31 heavy (non-hydrogen) atoms. The Kier molecular flexibility index (Phi) is 13.0. The molecule has 176 valence electrons. The molecule has 0 amide bonds. The van der Waals surface area contributed by atoms with E-state index in [9.17, 15) is 0 Å². The first kappa shape index (κ1) is 25.4. The van der Waals surface area contributed by atoms with Gasteiger partial charge in [-0.05, 0) is 57.6 Å². The van der Waals surface area contributed by atoms with Crippen LogP contribution in [-0.2, 0) is 20.8 Å². The number of aliphatic imine (C=N–C) groups is 1. The smallest absolute Gasteiger partial charge is 0.191 e. The van der Waals surface area contributed by atoms with Crippen molar-refractivity contribution in [3.63, 3.8) is 0 Å². The van der Waals surface area contributed by atoms with Gasteiger partial charge in [0.05, 0.1) is 13.2 Å². The van der Waals surface area contributed by atoms with E-state index >= 15 is 0 Å². The van der Waals surface area contributed by atoms with Gasteiger partial charge < -0.3 is 29.6 Å². The van der Waals surface area contributed by atoms with Crippen molar-refractivity contribution in [3.8, 4) is 5.75 Å². The third-order valence-electron chi connectivity index (χ3n) is 5.12. The van der Waals surface area contributed by atoms with Crippen molar-refractivity contribution in [2.75, 3.05) is 59.3 Å². The zero-order chi connectivity index (χ0) is 22.2. The number of benzene rings is 1. The molecule has 0 spiro atoms. The van der Waals surface area contributed by atoms with E-state index in [2.05, 4.69) is 42.7 Å². The fourth-order valence-electron chi connectivity index (χ4n) is 3.33. The number of nitrogens with zero attached hydrogens (tertiary/aromatic N) is 1. The topological polar surface area (TPSA) is 73.3 Å². The molecule has 1 fully saturated rings. The van der Waals surface area contributed by atoms with E-state index in [0.29, 0.717) is 32.3 Å². The second kappa shape index (κ2) is 15.9. The molecule has 0 aliphatic carbocycles. The summed E-state index contributed by atoms with van der Waals surface area (Å²) in [6, 6.07) is 6.24. The van der Waals surface area contributed by atoms with Crippen molar-refractivity contribution in [3.05, 3.63) is 29.3 Å². The van der Waals surface area contributed by atoms with Gasteiger partial charge in [-0.1, -0.05) is 12.1 Å². The summed E-state index contributed by atoms with van der Waals surface area (Å²) in [5, 5.41) is 6.71. The van der Waals surface area contributed by atoms with Crippen molar-refractivity contribution in [1.29, 1.82) is 0 Å². The predicted molar refractivity (Wildman–Crippen MR) is 125 cm³/mol. The molecule has 0 radical (unpaired) electrons. The van der Waals surface area contributed by atoms with Crippen molar-refractivity contribution in [1.82, 2.24) is 10.6 Å². The highest BCUT2D eigenvalue weighted by Gasteiger charge is 2.13. The summed E-state index contributed by atoms with van der Waals surface area (Å²) >= 11 is 0. The number of hydrogen-bond acceptors (Lipinski definition) is 5. The number of aryl methyl sites for hydroxylation is 1. The van der Waals surface area contributed by atoms with E-state index in [0.717, 1.165) is 76.1 Å². The van der Waals surface area contributed by atoms with Gasteiger partial charge in [0.1, 0.15) is 12.4 Å². The van der Waals surface area contributed by atoms with Gasteiger partial charge in [-0.3, -0.25) is 0 Å². The maximum Gasteiger partial charge on any atom is 0.191 e. The highest BCUT2D eigenvalue weighted by Crippen LogP contribution is 2.21. The summed E-state index contributed by atoms with van der Waals surface area (Å²) < 4.78 is 22.5. The number of rotatable bonds is 14. The minimum absolute atomic E-state index is 0.542. The van der Waals surface area contributed by atoms with E-state index in [1.807, 2.05) is 6.92 Å². The normalized spacial score (nSPS) is 15.1. The second-order valence-corrected chi connectivity index (χ2v) is 7.76. The molecule has 0 unspecified atom stereocenters. The molecule has 1 aliphatic rings. The van der Waals surface area contributed by atoms with Crippen LogP contribution in [0.15, 0.2) is 23.2 Å². The molecule has 7 nitrogen and oxygen atoms in total. The van der Waals surface area contributed by atoms with Crippen molar-refractivity contribution >= 4 is 5.96 Å². The number of nitrogens with one attached hydrogen (secondary N) is 2. The Morgan fingerprint density at radius 2 is 1.94 bits per heavy atom. The Morgan fingerprint density at radius 3 is 2.71 bits per heavy atom. The van der Waals surface area contributed by atoms with Crippen LogP contribution in [0.1, 0.15) is 44.2 Å². The van der Waals surface area contributed by atoms with Crippen LogP contribution in [0, 0.1) is 12.8 Å². The molecule has 0 bridgehead atoms. The Bertz CT molecular complexity index is 633. The van der Waals surface area contributed by atoms with E-state index < -0.39 is 0 Å². The summed E-state index contributed by atoms with van der Waals surface area (Å²) in [6.45, 7) is 13.5. The molecular weight excluding hydrogens is 394 g/mol. The van der Waals surface area contributed by atoms with Crippen LogP contribution in [0.4, 0.5) is 0 Å². The quantitative estimate of drug-likeness (QED) is 0.265. The van der Waals surface area contributed by atoms with Crippen LogP contribution in [0.3, 0.4) is 0 Å². The molecule has 0 aromatic heterocycles. The second-order valence-electron chi connectivity index (χ2n) is 7.76. The zero-order valence-corrected chi connectivity index (χ0v) is 19.6. The first-order valence-electron chi connectivity index (χ1n) is 11.7. The summed E-state index contributed by atoms with van der Waals surface area (Å²) in [6.07, 6.45) is 3.18. The molecule has 7 heteroatoms. The SMILES string of the molecule is CCNC(=NCc1ccc(C)cc1OCCOCC)NCCCOCC1CCOCC1. The molecule has 1 aromatic rings. The van der Waals surface area contributed by atoms with E-state index in [1.165, 1.54) is 5.56 Å². The van der Waals surface area contributed by atoms with E-state index in [4.69, 9.17) is 23.9 Å². The first-order chi connectivity index (χ1) is 15.2. The minimum Gasteiger partial charge on any atom is -0.491 e. The van der Waals surface area contributed by atoms with Crippen LogP contribution in [0.5, 0.6) is 5.75 Å². The van der Waals surface area contributed by atoms with E-state index in [1.54, 1.807) is 0 Å². The van der Waals surface area contributed by atoms with Crippen molar-refractivity contribution in [2.45, 2.75) is 46.6 Å². The average Bonchev–Trinajstić information content (AvgIpc) is 2.79. The third kappa shape index (κ3) is 10.8. The lowest BCUT2D eigenvalue weighted by Crippen LogP contribution is -2.38. The molecule has 2 N–H and O–H groups in total. The maximum absolute atomic E-state index is 5.93. The van der Waals surface area contributed by atoms with Gasteiger partial charge in [-0.25, -0.2) is 4.99 Å². The van der Waals surface area contributed by atoms with Crippen LogP contribution in [0.25, 0.3) is 0 Å². The molecule has 0 saturated carbocycles. The lowest BCUT2D eigenvalue weighted by Gasteiger charge is -2.21. The van der Waals surface area contributed by atoms with Crippen LogP contribution in [0.2, 0.25) is 0 Å². The largest absolute Gasteiger partial charge is 0.491 e. The van der Waals surface area contributed by atoms with Crippen LogP contribution < -0.4 is 15.4 Å². The number of ether oxygens (including phenoxy) is 4. The first-order valence-corrected chi connectivity index (χ1v) is 11.7. The fraction of sp³-hybridized carbons (Fsp3) is 0.708. The minimum atomic E-state index is 0.542. The van der Waals surface area contributed by atoms with Crippen LogP contribution in [-0.4, -0.2) is 65.3 Å². The number of guanidine groups is 1. The van der Waals surface area contributed by atoms with Gasteiger partial charge >= 0.3 is 0 Å².